The monoisotopic (exact) mass is 725 g/mol. The lowest BCUT2D eigenvalue weighted by molar-refractivity contribution is -0.137. The summed E-state index contributed by atoms with van der Waals surface area (Å²) < 4.78 is 0. The van der Waals surface area contributed by atoms with Crippen LogP contribution in [-0.2, 0) is 0 Å². The molecule has 22 unspecified atom stereocenters. The number of hydrogen-bond donors (Lipinski definition) is 0. The standard InChI is InChI=1S/C54H63N/c1-2-3-4-5-6-7-8-9-10-11-22-55-23-53-33-20-21-34-32-19-17-30-28-15-13-26-25-12-14-27-29-16-18-31(33)41-39(29)44-37(27)35(25)43-36(26)38(28)45-40(30)42(32)52(54(34,53)24-55)50-48(45)46(43)47(44)49(50)51(41)53/h12,14,16,18,20-21,25-30,35-40,42-43,45-46,48-50,52H,2-11,13,15,17,19,22-24H2,1H3. The predicted octanol–water partition coefficient (Wildman–Crippen LogP) is 11.2. The van der Waals surface area contributed by atoms with Crippen LogP contribution in [-0.4, -0.2) is 24.5 Å². The molecule has 55 heavy (non-hydrogen) atoms. The molecule has 9 saturated carbocycles. The highest BCUT2D eigenvalue weighted by Gasteiger charge is 2.88. The molecule has 284 valence electrons. The Morgan fingerprint density at radius 2 is 1.33 bits per heavy atom. The smallest absolute Gasteiger partial charge is 0.0418 e. The second-order valence-corrected chi connectivity index (χ2v) is 23.9. The average molecular weight is 726 g/mol. The molecule has 1 heteroatoms. The third kappa shape index (κ3) is 2.75. The van der Waals surface area contributed by atoms with E-state index in [0.29, 0.717) is 5.41 Å². The summed E-state index contributed by atoms with van der Waals surface area (Å²) in [6, 6.07) is 0. The first-order chi connectivity index (χ1) is 27.3. The molecule has 1 heterocycles. The zero-order chi connectivity index (χ0) is 35.0. The first-order valence-corrected chi connectivity index (χ1v) is 25.0. The summed E-state index contributed by atoms with van der Waals surface area (Å²) in [5.41, 5.74) is 17.0. The lowest BCUT2D eigenvalue weighted by Crippen LogP contribution is -2.63. The molecule has 0 N–H and O–H groups in total. The number of hydrogen-bond acceptors (Lipinski definition) is 1. The third-order valence-corrected chi connectivity index (χ3v) is 23.7. The fourth-order valence-electron chi connectivity index (χ4n) is 23.8. The Morgan fingerprint density at radius 1 is 0.582 bits per heavy atom. The van der Waals surface area contributed by atoms with Crippen LogP contribution in [0.15, 0.2) is 81.0 Å². The van der Waals surface area contributed by atoms with E-state index in [1.54, 1.807) is 24.8 Å². The predicted molar refractivity (Wildman–Crippen MR) is 217 cm³/mol. The third-order valence-electron chi connectivity index (χ3n) is 23.7. The quantitative estimate of drug-likeness (QED) is 0.151. The maximum atomic E-state index is 3.17. The van der Waals surface area contributed by atoms with Crippen molar-refractivity contribution in [3.8, 4) is 0 Å². The van der Waals surface area contributed by atoms with Crippen LogP contribution in [0.5, 0.6) is 0 Å². The molecule has 16 aliphatic carbocycles. The molecule has 17 aliphatic rings. The molecule has 1 nitrogen and oxygen atoms in total. The van der Waals surface area contributed by atoms with Crippen molar-refractivity contribution in [2.24, 2.45) is 129 Å². The fourth-order valence-corrected chi connectivity index (χ4v) is 23.8. The highest BCUT2D eigenvalue weighted by Crippen LogP contribution is 2.93. The fraction of sp³-hybridized carbons (Fsp3) is 0.741. The van der Waals surface area contributed by atoms with Crippen LogP contribution in [0.3, 0.4) is 0 Å². The van der Waals surface area contributed by atoms with Gasteiger partial charge in [0.1, 0.15) is 0 Å². The van der Waals surface area contributed by atoms with Gasteiger partial charge in [-0.3, -0.25) is 0 Å². The molecule has 0 radical (unpaired) electrons. The summed E-state index contributed by atoms with van der Waals surface area (Å²) in [7, 11) is 0. The molecule has 10 fully saturated rings. The summed E-state index contributed by atoms with van der Waals surface area (Å²) in [4.78, 5) is 3.17. The molecule has 0 bridgehead atoms. The van der Waals surface area contributed by atoms with Gasteiger partial charge in [0.15, 0.2) is 0 Å². The minimum absolute atomic E-state index is 0.277. The molecule has 1 aliphatic heterocycles. The number of likely N-dealkylation sites (tertiary alicyclic amines) is 1. The van der Waals surface area contributed by atoms with E-state index in [0.717, 1.165) is 118 Å². The van der Waals surface area contributed by atoms with Gasteiger partial charge in [0.05, 0.1) is 0 Å². The van der Waals surface area contributed by atoms with Gasteiger partial charge in [0.2, 0.25) is 0 Å². The number of fused-ring (bicyclic) bond motifs is 3. The summed E-state index contributed by atoms with van der Waals surface area (Å²) in [6.07, 6.45) is 38.0. The average Bonchev–Trinajstić information content (AvgIpc) is 4.05. The second-order valence-electron chi connectivity index (χ2n) is 23.9. The largest absolute Gasteiger partial charge is 0.301 e. The van der Waals surface area contributed by atoms with E-state index in [-0.39, 0.29) is 5.41 Å². The molecule has 0 aromatic heterocycles. The lowest BCUT2D eigenvalue weighted by Gasteiger charge is -2.65. The first-order valence-electron chi connectivity index (χ1n) is 25.0. The van der Waals surface area contributed by atoms with Gasteiger partial charge in [-0.15, -0.1) is 0 Å². The highest BCUT2D eigenvalue weighted by atomic mass is 15.2. The van der Waals surface area contributed by atoms with Gasteiger partial charge in [0, 0.05) is 35.8 Å². The molecule has 0 amide bonds. The zero-order valence-corrected chi connectivity index (χ0v) is 33.5. The Morgan fingerprint density at radius 3 is 2.22 bits per heavy atom. The van der Waals surface area contributed by atoms with Crippen LogP contribution < -0.4 is 0 Å². The minimum Gasteiger partial charge on any atom is -0.301 e. The topological polar surface area (TPSA) is 3.24 Å². The Bertz CT molecular complexity index is 2150. The van der Waals surface area contributed by atoms with Gasteiger partial charge in [-0.1, -0.05) is 118 Å². The normalized spacial score (nSPS) is 59.3. The van der Waals surface area contributed by atoms with E-state index in [4.69, 9.17) is 0 Å². The molecule has 2 spiro atoms. The van der Waals surface area contributed by atoms with E-state index < -0.39 is 0 Å². The van der Waals surface area contributed by atoms with Crippen molar-refractivity contribution in [3.63, 3.8) is 0 Å². The summed E-state index contributed by atoms with van der Waals surface area (Å²) in [5.74, 6) is 19.4. The van der Waals surface area contributed by atoms with E-state index in [1.165, 1.54) is 90.3 Å². The Balaban J connectivity index is 0.856. The number of allylic oxidation sites excluding steroid dienone is 11. The van der Waals surface area contributed by atoms with Gasteiger partial charge >= 0.3 is 0 Å². The van der Waals surface area contributed by atoms with Crippen molar-refractivity contribution in [1.29, 1.82) is 0 Å². The van der Waals surface area contributed by atoms with Crippen LogP contribution in [0.1, 0.15) is 96.8 Å². The van der Waals surface area contributed by atoms with Crippen LogP contribution >= 0.6 is 0 Å². The number of unbranched alkanes of at least 4 members (excludes halogenated alkanes) is 9. The number of rotatable bonds is 11. The molecular formula is C54H63N. The minimum atomic E-state index is 0.277. The van der Waals surface area contributed by atoms with E-state index >= 15 is 0 Å². The first kappa shape index (κ1) is 30.2. The van der Waals surface area contributed by atoms with Gasteiger partial charge in [0.25, 0.3) is 0 Å². The Kier molecular flexibility index (Phi) is 5.19. The van der Waals surface area contributed by atoms with Crippen LogP contribution in [0.2, 0.25) is 0 Å². The lowest BCUT2D eigenvalue weighted by atomic mass is 9.37. The van der Waals surface area contributed by atoms with Gasteiger partial charge < -0.3 is 4.90 Å². The zero-order valence-electron chi connectivity index (χ0n) is 33.5. The molecule has 0 aromatic rings. The van der Waals surface area contributed by atoms with E-state index in [1.807, 2.05) is 16.7 Å². The van der Waals surface area contributed by atoms with Crippen LogP contribution in [0.4, 0.5) is 0 Å². The summed E-state index contributed by atoms with van der Waals surface area (Å²) in [6.45, 7) is 6.49. The van der Waals surface area contributed by atoms with Crippen molar-refractivity contribution in [2.75, 3.05) is 19.6 Å². The van der Waals surface area contributed by atoms with Crippen LogP contribution in [0.25, 0.3) is 0 Å². The van der Waals surface area contributed by atoms with Crippen molar-refractivity contribution in [2.45, 2.75) is 96.8 Å². The Hall–Kier alpha value is -1.86. The van der Waals surface area contributed by atoms with Gasteiger partial charge in [-0.2, -0.15) is 0 Å². The molecule has 1 saturated heterocycles. The maximum Gasteiger partial charge on any atom is 0.0418 e. The van der Waals surface area contributed by atoms with Crippen LogP contribution in [0, 0.1) is 129 Å². The summed E-state index contributed by atoms with van der Waals surface area (Å²) in [5, 5.41) is 0. The van der Waals surface area contributed by atoms with Gasteiger partial charge in [-0.25, -0.2) is 0 Å². The molecule has 22 atom stereocenters. The highest BCUT2D eigenvalue weighted by molar-refractivity contribution is 5.78. The molecule has 17 rings (SSSR count). The number of nitrogens with zero attached hydrogens (tertiary/aromatic N) is 1. The van der Waals surface area contributed by atoms with Gasteiger partial charge in [-0.05, 0) is 173 Å². The van der Waals surface area contributed by atoms with Crippen molar-refractivity contribution in [3.05, 3.63) is 81.0 Å². The second kappa shape index (κ2) is 9.45. The molecule has 0 aromatic carbocycles. The maximum absolute atomic E-state index is 3.17. The Labute approximate surface area is 330 Å². The summed E-state index contributed by atoms with van der Waals surface area (Å²) >= 11 is 0. The van der Waals surface area contributed by atoms with E-state index in [2.05, 4.69) is 70.6 Å². The van der Waals surface area contributed by atoms with E-state index in [9.17, 15) is 0 Å². The SMILES string of the molecule is CCCCCCCCCCCCN1CC23C4=C5C=CC6C7C5=C2C2C5=C7C7C6C=CC6C8CCC9C%10CCC%11=C(C=C4)C3(C1)C1C%11C%10C3C9C8C(C5C3C21)C67. The van der Waals surface area contributed by atoms with Crippen molar-refractivity contribution >= 4 is 0 Å². The molecular weight excluding hydrogens is 663 g/mol. The van der Waals surface area contributed by atoms with Crippen molar-refractivity contribution < 1.29 is 0 Å². The van der Waals surface area contributed by atoms with Crippen molar-refractivity contribution in [1.82, 2.24) is 4.90 Å².